The molecule has 0 aliphatic carbocycles. The Morgan fingerprint density at radius 2 is 1.85 bits per heavy atom. The Balaban J connectivity index is 1.44. The Bertz CT molecular complexity index is 1590. The molecule has 202 valence electrons. The molecule has 8 rings (SSSR count). The molecule has 0 saturated carbocycles. The molecule has 4 aliphatic rings. The van der Waals surface area contributed by atoms with E-state index in [4.69, 9.17) is 21.6 Å². The molecule has 4 saturated heterocycles. The van der Waals surface area contributed by atoms with E-state index in [-0.39, 0.29) is 33.9 Å². The van der Waals surface area contributed by atoms with Gasteiger partial charge >= 0.3 is 0 Å². The summed E-state index contributed by atoms with van der Waals surface area (Å²) in [5.74, 6) is 0.805. The Labute approximate surface area is 231 Å². The van der Waals surface area contributed by atoms with Crippen LogP contribution < -0.4 is 20.4 Å². The molecule has 4 fully saturated rings. The molecule has 0 amide bonds. The zero-order valence-electron chi connectivity index (χ0n) is 22.0. The zero-order chi connectivity index (χ0) is 26.8. The minimum atomic E-state index is -0.501. The first-order chi connectivity index (χ1) is 18.9. The molecule has 2 bridgehead atoms. The van der Waals surface area contributed by atoms with Gasteiger partial charge in [-0.2, -0.15) is 4.98 Å². The van der Waals surface area contributed by atoms with Crippen molar-refractivity contribution in [3.8, 4) is 16.9 Å². The lowest BCUT2D eigenvalue weighted by Gasteiger charge is -2.43. The predicted molar refractivity (Wildman–Crippen MR) is 155 cm³/mol. The summed E-state index contributed by atoms with van der Waals surface area (Å²) in [4.78, 5) is 16.4. The number of benzene rings is 3. The number of aromatic nitrogens is 2. The zero-order valence-corrected chi connectivity index (χ0v) is 22.7. The van der Waals surface area contributed by atoms with Crippen molar-refractivity contribution in [1.29, 1.82) is 0 Å². The van der Waals surface area contributed by atoms with Crippen LogP contribution in [0.2, 0.25) is 5.02 Å². The minimum Gasteiger partial charge on any atom is -0.508 e. The summed E-state index contributed by atoms with van der Waals surface area (Å²) in [5, 5.41) is 20.1. The standard InChI is InChI=1S/C29H31ClFN7O/c1-36(2)19-14-37(15-19)29-34-27-23(28(35-29)38-13-17-10-32-11-18(38)12-33-17)9-24(30)25(26(27)31)22-8-20(39)7-16-5-3-4-6-21(16)22/h3-9,17-19,32-33,39H,10-15H2,1-2H3. The summed E-state index contributed by atoms with van der Waals surface area (Å²) in [6.45, 7) is 4.86. The quantitative estimate of drug-likeness (QED) is 0.359. The molecule has 1 aromatic heterocycles. The van der Waals surface area contributed by atoms with Gasteiger partial charge in [-0.3, -0.25) is 0 Å². The van der Waals surface area contributed by atoms with Gasteiger partial charge in [0.05, 0.1) is 11.1 Å². The lowest BCUT2D eigenvalue weighted by Crippen LogP contribution is -2.58. The largest absolute Gasteiger partial charge is 0.508 e. The monoisotopic (exact) mass is 547 g/mol. The highest BCUT2D eigenvalue weighted by atomic mass is 35.5. The van der Waals surface area contributed by atoms with Crippen LogP contribution in [-0.2, 0) is 0 Å². The Morgan fingerprint density at radius 3 is 2.67 bits per heavy atom. The first-order valence-electron chi connectivity index (χ1n) is 13.4. The molecule has 39 heavy (non-hydrogen) atoms. The second-order valence-corrected chi connectivity index (χ2v) is 11.5. The molecule has 0 radical (unpaired) electrons. The molecule has 2 atom stereocenters. The second-order valence-electron chi connectivity index (χ2n) is 11.1. The van der Waals surface area contributed by atoms with Crippen LogP contribution in [0.5, 0.6) is 5.75 Å². The van der Waals surface area contributed by atoms with Crippen molar-refractivity contribution in [2.75, 3.05) is 63.2 Å². The van der Waals surface area contributed by atoms with Crippen molar-refractivity contribution in [1.82, 2.24) is 25.5 Å². The minimum absolute atomic E-state index is 0.0548. The van der Waals surface area contributed by atoms with Crippen LogP contribution in [0.4, 0.5) is 16.2 Å². The van der Waals surface area contributed by atoms with E-state index in [0.29, 0.717) is 22.9 Å². The van der Waals surface area contributed by atoms with Crippen molar-refractivity contribution in [2.24, 2.45) is 0 Å². The van der Waals surface area contributed by atoms with Gasteiger partial charge in [-0.25, -0.2) is 9.37 Å². The highest BCUT2D eigenvalue weighted by molar-refractivity contribution is 6.35. The molecule has 4 aromatic rings. The summed E-state index contributed by atoms with van der Waals surface area (Å²) in [7, 11) is 4.13. The van der Waals surface area contributed by atoms with E-state index in [1.54, 1.807) is 18.2 Å². The third kappa shape index (κ3) is 4.15. The molecule has 8 nitrogen and oxygen atoms in total. The van der Waals surface area contributed by atoms with E-state index in [9.17, 15) is 5.11 Å². The van der Waals surface area contributed by atoms with Gasteiger partial charge in [0.1, 0.15) is 17.1 Å². The number of likely N-dealkylation sites (N-methyl/N-ethyl adjacent to an activating group) is 1. The maximum absolute atomic E-state index is 16.7. The second kappa shape index (κ2) is 9.45. The van der Waals surface area contributed by atoms with Crippen LogP contribution in [0.15, 0.2) is 42.5 Å². The van der Waals surface area contributed by atoms with Crippen LogP contribution in [0, 0.1) is 5.82 Å². The topological polar surface area (TPSA) is 79.8 Å². The van der Waals surface area contributed by atoms with Crippen molar-refractivity contribution in [2.45, 2.75) is 18.1 Å². The number of fused-ring (bicyclic) bond motifs is 6. The number of nitrogens with one attached hydrogen (secondary N) is 2. The molecular weight excluding hydrogens is 517 g/mol. The number of rotatable bonds is 4. The first kappa shape index (κ1) is 24.8. The van der Waals surface area contributed by atoms with Gasteiger partial charge in [0.15, 0.2) is 5.82 Å². The average molecular weight is 548 g/mol. The molecule has 5 heterocycles. The van der Waals surface area contributed by atoms with Crippen molar-refractivity contribution < 1.29 is 9.50 Å². The number of piperazine rings is 1. The maximum atomic E-state index is 16.7. The van der Waals surface area contributed by atoms with Crippen LogP contribution in [0.3, 0.4) is 0 Å². The number of anilines is 2. The van der Waals surface area contributed by atoms with Crippen LogP contribution in [0.25, 0.3) is 32.8 Å². The summed E-state index contributed by atoms with van der Waals surface area (Å²) >= 11 is 6.88. The summed E-state index contributed by atoms with van der Waals surface area (Å²) < 4.78 is 16.7. The molecule has 3 N–H and O–H groups in total. The van der Waals surface area contributed by atoms with Crippen molar-refractivity contribution in [3.05, 3.63) is 53.3 Å². The summed E-state index contributed by atoms with van der Waals surface area (Å²) in [6.07, 6.45) is 0. The number of hydrogen-bond acceptors (Lipinski definition) is 8. The van der Waals surface area contributed by atoms with E-state index in [0.717, 1.165) is 55.9 Å². The number of phenolic OH excluding ortho intramolecular Hbond substituents is 1. The van der Waals surface area contributed by atoms with Gasteiger partial charge in [0, 0.05) is 62.3 Å². The fraction of sp³-hybridized carbons (Fsp3) is 0.379. The number of aromatic hydroxyl groups is 1. The van der Waals surface area contributed by atoms with Crippen LogP contribution >= 0.6 is 11.6 Å². The van der Waals surface area contributed by atoms with E-state index in [2.05, 4.69) is 39.4 Å². The van der Waals surface area contributed by atoms with E-state index in [1.807, 2.05) is 24.3 Å². The number of nitrogens with zero attached hydrogens (tertiary/aromatic N) is 5. The van der Waals surface area contributed by atoms with Crippen molar-refractivity contribution in [3.63, 3.8) is 0 Å². The van der Waals surface area contributed by atoms with Crippen molar-refractivity contribution >= 4 is 45.0 Å². The lowest BCUT2D eigenvalue weighted by molar-refractivity contribution is 0.245. The SMILES string of the molecule is CN(C)C1CN(c2nc(N3CC4CNCC3CN4)c3cc(Cl)c(-c4cc(O)cc5ccccc45)c(F)c3n2)C1. The lowest BCUT2D eigenvalue weighted by atomic mass is 9.96. The van der Waals surface area contributed by atoms with Gasteiger partial charge in [0.2, 0.25) is 5.95 Å². The van der Waals surface area contributed by atoms with Gasteiger partial charge in [-0.1, -0.05) is 35.9 Å². The van der Waals surface area contributed by atoms with E-state index >= 15 is 4.39 Å². The Morgan fingerprint density at radius 1 is 1.03 bits per heavy atom. The first-order valence-corrected chi connectivity index (χ1v) is 13.8. The number of phenols is 1. The third-order valence-electron chi connectivity index (χ3n) is 8.39. The molecule has 10 heteroatoms. The van der Waals surface area contributed by atoms with Crippen LogP contribution in [-0.4, -0.2) is 91.5 Å². The Hall–Kier alpha value is -3.24. The smallest absolute Gasteiger partial charge is 0.228 e. The maximum Gasteiger partial charge on any atom is 0.228 e. The molecular formula is C29H31ClFN7O. The molecule has 0 spiro atoms. The summed E-state index contributed by atoms with van der Waals surface area (Å²) in [6, 6.07) is 13.5. The highest BCUT2D eigenvalue weighted by Crippen LogP contribution is 2.43. The normalized spacial score (nSPS) is 21.7. The van der Waals surface area contributed by atoms with Gasteiger partial charge < -0.3 is 30.4 Å². The van der Waals surface area contributed by atoms with E-state index < -0.39 is 5.82 Å². The number of hydrogen-bond donors (Lipinski definition) is 3. The van der Waals surface area contributed by atoms with Crippen LogP contribution in [0.1, 0.15) is 0 Å². The van der Waals surface area contributed by atoms with Gasteiger partial charge in [-0.05, 0) is 48.6 Å². The molecule has 3 aromatic carbocycles. The average Bonchev–Trinajstić information content (AvgIpc) is 3.23. The fourth-order valence-electron chi connectivity index (χ4n) is 6.09. The van der Waals surface area contributed by atoms with E-state index in [1.165, 1.54) is 0 Å². The molecule has 4 aliphatic heterocycles. The fourth-order valence-corrected chi connectivity index (χ4v) is 6.38. The Kier molecular flexibility index (Phi) is 6.00. The summed E-state index contributed by atoms with van der Waals surface area (Å²) in [5.41, 5.74) is 1.02. The predicted octanol–water partition coefficient (Wildman–Crippen LogP) is 3.45. The number of halogens is 2. The third-order valence-corrected chi connectivity index (χ3v) is 8.68. The molecule has 2 unspecified atom stereocenters. The van der Waals surface area contributed by atoms with Gasteiger partial charge in [0.25, 0.3) is 0 Å². The van der Waals surface area contributed by atoms with Gasteiger partial charge in [-0.15, -0.1) is 0 Å². The highest BCUT2D eigenvalue weighted by Gasteiger charge is 2.36.